The fraction of sp³-hybridized carbons (Fsp3) is 0.429. The van der Waals surface area contributed by atoms with Gasteiger partial charge in [-0.15, -0.1) is 0 Å². The molecule has 0 unspecified atom stereocenters. The van der Waals surface area contributed by atoms with Gasteiger partial charge in [-0.3, -0.25) is 9.59 Å². The minimum absolute atomic E-state index is 0.227. The van der Waals surface area contributed by atoms with Gasteiger partial charge in [-0.2, -0.15) is 0 Å². The first-order valence-corrected chi connectivity index (χ1v) is 9.93. The van der Waals surface area contributed by atoms with Gasteiger partial charge in [0.05, 0.1) is 24.1 Å². The maximum atomic E-state index is 13.0. The Morgan fingerprint density at radius 2 is 1.97 bits per heavy atom. The summed E-state index contributed by atoms with van der Waals surface area (Å²) in [6.45, 7) is 3.29. The van der Waals surface area contributed by atoms with E-state index in [0.29, 0.717) is 25.2 Å². The average molecular weight is 398 g/mol. The third-order valence-electron chi connectivity index (χ3n) is 4.93. The summed E-state index contributed by atoms with van der Waals surface area (Å²) >= 11 is 0. The molecular weight excluding hydrogens is 372 g/mol. The van der Waals surface area contributed by atoms with Crippen molar-refractivity contribution in [1.82, 2.24) is 14.9 Å². The second-order valence-corrected chi connectivity index (χ2v) is 6.94. The van der Waals surface area contributed by atoms with Gasteiger partial charge in [-0.25, -0.2) is 9.78 Å². The first-order valence-electron chi connectivity index (χ1n) is 9.93. The van der Waals surface area contributed by atoms with Crippen LogP contribution in [0, 0.1) is 0 Å². The number of amides is 2. The lowest BCUT2D eigenvalue weighted by molar-refractivity contribution is 0.0601. The molecule has 0 saturated carbocycles. The Morgan fingerprint density at radius 3 is 2.72 bits per heavy atom. The summed E-state index contributed by atoms with van der Waals surface area (Å²) in [6.07, 6.45) is 4.41. The summed E-state index contributed by atoms with van der Waals surface area (Å²) < 4.78 is 6.61. The number of para-hydroxylation sites is 1. The minimum atomic E-state index is -0.538. The zero-order valence-electron chi connectivity index (χ0n) is 16.8. The zero-order chi connectivity index (χ0) is 20.8. The lowest BCUT2D eigenvalue weighted by Gasteiger charge is -2.17. The van der Waals surface area contributed by atoms with Crippen molar-refractivity contribution in [2.75, 3.05) is 19.0 Å². The molecule has 1 aliphatic rings. The average Bonchev–Trinajstić information content (AvgIpc) is 3.13. The first kappa shape index (κ1) is 20.6. The van der Waals surface area contributed by atoms with Gasteiger partial charge in [0.25, 0.3) is 11.8 Å². The molecule has 1 aliphatic heterocycles. The number of hydrogen-bond acceptors (Lipinski definition) is 5. The number of aromatic nitrogens is 2. The molecule has 0 atom stereocenters. The van der Waals surface area contributed by atoms with E-state index >= 15 is 0 Å². The van der Waals surface area contributed by atoms with Crippen LogP contribution in [-0.4, -0.2) is 41.0 Å². The summed E-state index contributed by atoms with van der Waals surface area (Å²) in [7, 11) is 1.29. The van der Waals surface area contributed by atoms with Crippen LogP contribution in [-0.2, 0) is 17.7 Å². The lowest BCUT2D eigenvalue weighted by atomic mass is 10.1. The fourth-order valence-electron chi connectivity index (χ4n) is 3.42. The number of carbonyl (C=O) groups is 3. The van der Waals surface area contributed by atoms with Crippen LogP contribution < -0.4 is 10.6 Å². The highest BCUT2D eigenvalue weighted by Gasteiger charge is 2.28. The van der Waals surface area contributed by atoms with Crippen LogP contribution >= 0.6 is 0 Å². The Hall–Kier alpha value is -3.16. The third-order valence-corrected chi connectivity index (χ3v) is 4.93. The number of ether oxygens (including phenoxy) is 1. The molecule has 2 N–H and O–H groups in total. The van der Waals surface area contributed by atoms with Gasteiger partial charge >= 0.3 is 5.97 Å². The van der Waals surface area contributed by atoms with E-state index in [-0.39, 0.29) is 23.0 Å². The molecule has 2 heterocycles. The Morgan fingerprint density at radius 1 is 1.17 bits per heavy atom. The third kappa shape index (κ3) is 4.47. The number of imidazole rings is 1. The number of fused-ring (bicyclic) bond motifs is 1. The van der Waals surface area contributed by atoms with Crippen LogP contribution in [0.4, 0.5) is 5.69 Å². The van der Waals surface area contributed by atoms with Crippen LogP contribution in [0.1, 0.15) is 69.8 Å². The topological polar surface area (TPSA) is 102 Å². The van der Waals surface area contributed by atoms with Crippen molar-refractivity contribution in [1.29, 1.82) is 0 Å². The first-order chi connectivity index (χ1) is 14.1. The van der Waals surface area contributed by atoms with Crippen molar-refractivity contribution >= 4 is 23.5 Å². The molecule has 0 spiro atoms. The van der Waals surface area contributed by atoms with E-state index in [2.05, 4.69) is 22.5 Å². The van der Waals surface area contributed by atoms with Crippen LogP contribution in [0.25, 0.3) is 0 Å². The molecule has 29 heavy (non-hydrogen) atoms. The van der Waals surface area contributed by atoms with Gasteiger partial charge in [0, 0.05) is 13.1 Å². The maximum absolute atomic E-state index is 13.0. The summed E-state index contributed by atoms with van der Waals surface area (Å²) in [5.41, 5.74) is 1.58. The largest absolute Gasteiger partial charge is 0.465 e. The Labute approximate surface area is 169 Å². The Kier molecular flexibility index (Phi) is 6.64. The molecule has 1 aromatic heterocycles. The fourth-order valence-corrected chi connectivity index (χ4v) is 3.42. The number of methoxy groups -OCH3 is 1. The van der Waals surface area contributed by atoms with Gasteiger partial charge in [0.15, 0.2) is 11.5 Å². The molecule has 0 bridgehead atoms. The summed E-state index contributed by atoms with van der Waals surface area (Å²) in [5, 5.41) is 5.62. The number of carbonyl (C=O) groups excluding carboxylic acids is 3. The predicted octanol–water partition coefficient (Wildman–Crippen LogP) is 2.79. The van der Waals surface area contributed by atoms with E-state index in [1.807, 2.05) is 4.57 Å². The molecule has 0 aliphatic carbocycles. The standard InChI is InChI=1S/C21H26N4O4/c1-3-4-12-22-20(27)18-24-17(16-11-7-8-13-25(16)18)19(26)23-15-10-6-5-9-14(15)21(28)29-2/h5-6,9-10H,3-4,7-8,11-13H2,1-2H3,(H,22,27)(H,23,26). The number of benzene rings is 1. The van der Waals surface area contributed by atoms with Gasteiger partial charge in [-0.1, -0.05) is 25.5 Å². The van der Waals surface area contributed by atoms with Gasteiger partial charge < -0.3 is 19.9 Å². The van der Waals surface area contributed by atoms with Crippen molar-refractivity contribution < 1.29 is 19.1 Å². The van der Waals surface area contributed by atoms with Gasteiger partial charge in [0.2, 0.25) is 0 Å². The molecule has 0 saturated heterocycles. The number of esters is 1. The molecule has 154 valence electrons. The van der Waals surface area contributed by atoms with E-state index in [4.69, 9.17) is 4.74 Å². The van der Waals surface area contributed by atoms with Crippen molar-refractivity contribution in [3.8, 4) is 0 Å². The quantitative estimate of drug-likeness (QED) is 0.552. The number of unbranched alkanes of at least 4 members (excludes halogenated alkanes) is 1. The Balaban J connectivity index is 1.88. The number of hydrogen-bond donors (Lipinski definition) is 2. The summed E-state index contributed by atoms with van der Waals surface area (Å²) in [5.74, 6) is -0.985. The normalized spacial score (nSPS) is 12.8. The van der Waals surface area contributed by atoms with E-state index < -0.39 is 11.9 Å². The van der Waals surface area contributed by atoms with E-state index in [0.717, 1.165) is 31.4 Å². The predicted molar refractivity (Wildman–Crippen MR) is 108 cm³/mol. The minimum Gasteiger partial charge on any atom is -0.465 e. The SMILES string of the molecule is CCCCNC(=O)c1nc(C(=O)Nc2ccccc2C(=O)OC)c2n1CCCC2. The van der Waals surface area contributed by atoms with Crippen molar-refractivity contribution in [3.63, 3.8) is 0 Å². The van der Waals surface area contributed by atoms with E-state index in [9.17, 15) is 14.4 Å². The number of nitrogens with one attached hydrogen (secondary N) is 2. The van der Waals surface area contributed by atoms with E-state index in [1.165, 1.54) is 7.11 Å². The van der Waals surface area contributed by atoms with Crippen LogP contribution in [0.2, 0.25) is 0 Å². The van der Waals surface area contributed by atoms with Gasteiger partial charge in [-0.05, 0) is 37.8 Å². The van der Waals surface area contributed by atoms with Crippen molar-refractivity contribution in [3.05, 3.63) is 47.0 Å². The highest BCUT2D eigenvalue weighted by Crippen LogP contribution is 2.23. The van der Waals surface area contributed by atoms with Gasteiger partial charge in [0.1, 0.15) is 0 Å². The zero-order valence-corrected chi connectivity index (χ0v) is 16.8. The summed E-state index contributed by atoms with van der Waals surface area (Å²) in [6, 6.07) is 6.62. The highest BCUT2D eigenvalue weighted by molar-refractivity contribution is 6.08. The molecule has 8 heteroatoms. The lowest BCUT2D eigenvalue weighted by Crippen LogP contribution is -2.28. The highest BCUT2D eigenvalue weighted by atomic mass is 16.5. The summed E-state index contributed by atoms with van der Waals surface area (Å²) in [4.78, 5) is 41.9. The molecule has 2 amide bonds. The molecular formula is C21H26N4O4. The smallest absolute Gasteiger partial charge is 0.339 e. The second kappa shape index (κ2) is 9.36. The maximum Gasteiger partial charge on any atom is 0.339 e. The molecule has 3 rings (SSSR count). The molecule has 8 nitrogen and oxygen atoms in total. The molecule has 0 radical (unpaired) electrons. The van der Waals surface area contributed by atoms with Crippen molar-refractivity contribution in [2.24, 2.45) is 0 Å². The van der Waals surface area contributed by atoms with Crippen LogP contribution in [0.3, 0.4) is 0 Å². The number of anilines is 1. The monoisotopic (exact) mass is 398 g/mol. The second-order valence-electron chi connectivity index (χ2n) is 6.94. The Bertz CT molecular complexity index is 919. The van der Waals surface area contributed by atoms with Crippen molar-refractivity contribution in [2.45, 2.75) is 45.6 Å². The number of rotatable bonds is 7. The number of nitrogens with zero attached hydrogens (tertiary/aromatic N) is 2. The van der Waals surface area contributed by atoms with Crippen LogP contribution in [0.5, 0.6) is 0 Å². The molecule has 1 aromatic carbocycles. The molecule has 2 aromatic rings. The van der Waals surface area contributed by atoms with E-state index in [1.54, 1.807) is 24.3 Å². The molecule has 0 fully saturated rings. The van der Waals surface area contributed by atoms with Crippen LogP contribution in [0.15, 0.2) is 24.3 Å².